The van der Waals surface area contributed by atoms with Crippen LogP contribution >= 0.6 is 11.3 Å². The molecular weight excluding hydrogens is 314 g/mol. The number of hydrogen-bond donors (Lipinski definition) is 1. The van der Waals surface area contributed by atoms with E-state index >= 15 is 0 Å². The molecule has 0 spiro atoms. The maximum atomic E-state index is 12.4. The fourth-order valence-corrected chi connectivity index (χ4v) is 3.45. The number of urea groups is 1. The van der Waals surface area contributed by atoms with Crippen LogP contribution in [0.25, 0.3) is 0 Å². The van der Waals surface area contributed by atoms with Crippen molar-refractivity contribution < 1.29 is 13.9 Å². The molecule has 3 heterocycles. The van der Waals surface area contributed by atoms with Gasteiger partial charge >= 0.3 is 6.03 Å². The Morgan fingerprint density at radius 1 is 1.57 bits per heavy atom. The number of carbonyl (C=O) groups excluding carboxylic acids is 1. The minimum Gasteiger partial charge on any atom is -0.461 e. The molecule has 0 saturated carbocycles. The van der Waals surface area contributed by atoms with E-state index in [4.69, 9.17) is 9.15 Å². The lowest BCUT2D eigenvalue weighted by Gasteiger charge is -2.23. The Hall–Kier alpha value is -1.86. The van der Waals surface area contributed by atoms with Crippen LogP contribution in [0.15, 0.2) is 27.4 Å². The number of furan rings is 1. The third kappa shape index (κ3) is 3.92. The van der Waals surface area contributed by atoms with Crippen molar-refractivity contribution >= 4 is 17.4 Å². The van der Waals surface area contributed by atoms with E-state index < -0.39 is 0 Å². The summed E-state index contributed by atoms with van der Waals surface area (Å²) >= 11 is 1.57. The summed E-state index contributed by atoms with van der Waals surface area (Å²) in [6.07, 6.45) is 2.68. The van der Waals surface area contributed by atoms with E-state index in [1.54, 1.807) is 18.4 Å². The number of amides is 2. The third-order valence-electron chi connectivity index (χ3n) is 3.95. The number of nitrogens with zero attached hydrogens (tertiary/aromatic N) is 2. The van der Waals surface area contributed by atoms with Gasteiger partial charge in [-0.15, -0.1) is 11.3 Å². The molecule has 0 bridgehead atoms. The van der Waals surface area contributed by atoms with Crippen LogP contribution in [0.1, 0.15) is 36.1 Å². The number of likely N-dealkylation sites (tertiary alicyclic amines) is 1. The number of hydrogen-bond acceptors (Lipinski definition) is 5. The molecule has 2 aromatic rings. The highest BCUT2D eigenvalue weighted by Gasteiger charge is 2.32. The van der Waals surface area contributed by atoms with Gasteiger partial charge in [-0.3, -0.25) is 0 Å². The standard InChI is InChI=1S/C16H21N3O3S/c1-21-9-13-4-5-15(22-13)14-3-2-8-19(14)16(20)17-7-6-12-10-23-11-18-12/h4-5,10-11,14H,2-3,6-9H2,1H3,(H,17,20)/t14-/m0/s1. The van der Waals surface area contributed by atoms with E-state index in [-0.39, 0.29) is 12.1 Å². The number of thiazole rings is 1. The van der Waals surface area contributed by atoms with Crippen LogP contribution < -0.4 is 5.32 Å². The van der Waals surface area contributed by atoms with Gasteiger partial charge in [0.2, 0.25) is 0 Å². The predicted octanol–water partition coefficient (Wildman–Crippen LogP) is 2.97. The van der Waals surface area contributed by atoms with Gasteiger partial charge in [0.05, 0.1) is 17.2 Å². The maximum absolute atomic E-state index is 12.4. The molecule has 1 atom stereocenters. The molecule has 3 rings (SSSR count). The van der Waals surface area contributed by atoms with Crippen molar-refractivity contribution in [3.05, 3.63) is 40.2 Å². The molecule has 2 aromatic heterocycles. The van der Waals surface area contributed by atoms with Crippen molar-refractivity contribution in [1.82, 2.24) is 15.2 Å². The van der Waals surface area contributed by atoms with Gasteiger partial charge in [-0.05, 0) is 25.0 Å². The highest BCUT2D eigenvalue weighted by Crippen LogP contribution is 2.33. The van der Waals surface area contributed by atoms with E-state index in [2.05, 4.69) is 10.3 Å². The lowest BCUT2D eigenvalue weighted by molar-refractivity contribution is 0.156. The van der Waals surface area contributed by atoms with Crippen LogP contribution in [-0.4, -0.2) is 36.1 Å². The largest absolute Gasteiger partial charge is 0.461 e. The Labute approximate surface area is 139 Å². The average Bonchev–Trinajstić information content (AvgIpc) is 3.28. The van der Waals surface area contributed by atoms with Gasteiger partial charge in [0.1, 0.15) is 18.1 Å². The van der Waals surface area contributed by atoms with Crippen LogP contribution in [0, 0.1) is 0 Å². The normalized spacial score (nSPS) is 17.6. The molecule has 0 unspecified atom stereocenters. The van der Waals surface area contributed by atoms with Crippen molar-refractivity contribution in [1.29, 1.82) is 0 Å². The number of aromatic nitrogens is 1. The number of carbonyl (C=O) groups is 1. The lowest BCUT2D eigenvalue weighted by atomic mass is 10.2. The van der Waals surface area contributed by atoms with Crippen LogP contribution in [0.2, 0.25) is 0 Å². The molecule has 6 nitrogen and oxygen atoms in total. The first-order chi connectivity index (χ1) is 11.3. The first kappa shape index (κ1) is 16.0. The van der Waals surface area contributed by atoms with Gasteiger partial charge in [-0.2, -0.15) is 0 Å². The Morgan fingerprint density at radius 3 is 3.26 bits per heavy atom. The Morgan fingerprint density at radius 2 is 2.48 bits per heavy atom. The van der Waals surface area contributed by atoms with Crippen molar-refractivity contribution in [2.75, 3.05) is 20.2 Å². The highest BCUT2D eigenvalue weighted by molar-refractivity contribution is 7.07. The second kappa shape index (κ2) is 7.61. The molecule has 1 fully saturated rings. The minimum atomic E-state index is -0.0348. The molecule has 124 valence electrons. The summed E-state index contributed by atoms with van der Waals surface area (Å²) in [6, 6.07) is 3.84. The molecule has 23 heavy (non-hydrogen) atoms. The summed E-state index contributed by atoms with van der Waals surface area (Å²) in [5.74, 6) is 1.63. The molecule has 0 aromatic carbocycles. The van der Waals surface area contributed by atoms with Gasteiger partial charge < -0.3 is 19.4 Å². The molecule has 0 aliphatic carbocycles. The topological polar surface area (TPSA) is 67.6 Å². The lowest BCUT2D eigenvalue weighted by Crippen LogP contribution is -2.40. The van der Waals surface area contributed by atoms with Gasteiger partial charge in [0.15, 0.2) is 0 Å². The molecule has 1 aliphatic heterocycles. The molecule has 1 N–H and O–H groups in total. The maximum Gasteiger partial charge on any atom is 0.318 e. The van der Waals surface area contributed by atoms with E-state index in [1.807, 2.05) is 27.9 Å². The van der Waals surface area contributed by atoms with E-state index in [0.717, 1.165) is 43.0 Å². The Balaban J connectivity index is 1.55. The van der Waals surface area contributed by atoms with Crippen molar-refractivity contribution in [2.45, 2.75) is 31.9 Å². The summed E-state index contributed by atoms with van der Waals surface area (Å²) in [5.41, 5.74) is 2.82. The molecule has 2 amide bonds. The van der Waals surface area contributed by atoms with Crippen molar-refractivity contribution in [2.24, 2.45) is 0 Å². The van der Waals surface area contributed by atoms with Crippen LogP contribution in [0.3, 0.4) is 0 Å². The summed E-state index contributed by atoms with van der Waals surface area (Å²) < 4.78 is 10.9. The fraction of sp³-hybridized carbons (Fsp3) is 0.500. The summed E-state index contributed by atoms with van der Waals surface area (Å²) in [4.78, 5) is 18.5. The highest BCUT2D eigenvalue weighted by atomic mass is 32.1. The van der Waals surface area contributed by atoms with E-state index in [1.165, 1.54) is 0 Å². The van der Waals surface area contributed by atoms with Crippen molar-refractivity contribution in [3.8, 4) is 0 Å². The Bertz CT molecular complexity index is 626. The minimum absolute atomic E-state index is 0.0138. The van der Waals surface area contributed by atoms with Crippen LogP contribution in [0.5, 0.6) is 0 Å². The second-order valence-corrected chi connectivity index (χ2v) is 6.27. The molecule has 7 heteroatoms. The second-order valence-electron chi connectivity index (χ2n) is 5.55. The SMILES string of the molecule is COCc1ccc([C@@H]2CCCN2C(=O)NCCc2cscn2)o1. The van der Waals surface area contributed by atoms with Gasteiger partial charge in [0.25, 0.3) is 0 Å². The monoisotopic (exact) mass is 335 g/mol. The summed E-state index contributed by atoms with van der Waals surface area (Å²) in [7, 11) is 1.64. The van der Waals surface area contributed by atoms with Crippen LogP contribution in [0.4, 0.5) is 4.79 Å². The zero-order chi connectivity index (χ0) is 16.1. The third-order valence-corrected chi connectivity index (χ3v) is 4.59. The van der Waals surface area contributed by atoms with E-state index in [9.17, 15) is 4.79 Å². The number of ether oxygens (including phenoxy) is 1. The predicted molar refractivity (Wildman–Crippen MR) is 87.3 cm³/mol. The van der Waals surface area contributed by atoms with Crippen molar-refractivity contribution in [3.63, 3.8) is 0 Å². The first-order valence-corrected chi connectivity index (χ1v) is 8.71. The molecular formula is C16H21N3O3S. The molecule has 0 radical (unpaired) electrons. The first-order valence-electron chi connectivity index (χ1n) is 7.77. The van der Waals surface area contributed by atoms with Gasteiger partial charge in [-0.1, -0.05) is 0 Å². The van der Waals surface area contributed by atoms with Crippen LogP contribution in [-0.2, 0) is 17.8 Å². The zero-order valence-electron chi connectivity index (χ0n) is 13.2. The summed E-state index contributed by atoms with van der Waals surface area (Å²) in [6.45, 7) is 1.80. The number of rotatable bonds is 6. The number of nitrogens with one attached hydrogen (secondary N) is 1. The molecule has 1 aliphatic rings. The van der Waals surface area contributed by atoms with Gasteiger partial charge in [0, 0.05) is 32.0 Å². The molecule has 1 saturated heterocycles. The Kier molecular flexibility index (Phi) is 5.30. The number of methoxy groups -OCH3 is 1. The average molecular weight is 335 g/mol. The summed E-state index contributed by atoms with van der Waals surface area (Å²) in [5, 5.41) is 4.98. The quantitative estimate of drug-likeness (QED) is 0.881. The fourth-order valence-electron chi connectivity index (χ4n) is 2.86. The van der Waals surface area contributed by atoms with Gasteiger partial charge in [-0.25, -0.2) is 9.78 Å². The zero-order valence-corrected chi connectivity index (χ0v) is 14.0. The van der Waals surface area contributed by atoms with E-state index in [0.29, 0.717) is 13.2 Å². The smallest absolute Gasteiger partial charge is 0.318 e.